The number of benzene rings is 1. The summed E-state index contributed by atoms with van der Waals surface area (Å²) >= 11 is 0. The van der Waals surface area contributed by atoms with E-state index in [0.717, 1.165) is 43.4 Å². The largest absolute Gasteiger partial charge is 0.331 e. The van der Waals surface area contributed by atoms with Crippen molar-refractivity contribution in [2.24, 2.45) is 0 Å². The van der Waals surface area contributed by atoms with E-state index in [1.807, 2.05) is 31.2 Å². The Balaban J connectivity index is 1.83. The molecular weight excluding hydrogens is 276 g/mol. The van der Waals surface area contributed by atoms with E-state index in [1.165, 1.54) is 0 Å². The van der Waals surface area contributed by atoms with Crippen LogP contribution in [0.5, 0.6) is 0 Å². The first kappa shape index (κ1) is 15.1. The van der Waals surface area contributed by atoms with Crippen LogP contribution in [0.3, 0.4) is 0 Å². The Morgan fingerprint density at radius 3 is 2.73 bits per heavy atom. The average molecular weight is 300 g/mol. The van der Waals surface area contributed by atoms with Gasteiger partial charge in [0.2, 0.25) is 0 Å². The highest BCUT2D eigenvalue weighted by Gasteiger charge is 2.38. The van der Waals surface area contributed by atoms with Crippen LogP contribution in [0.4, 0.5) is 5.69 Å². The Kier molecular flexibility index (Phi) is 4.19. The van der Waals surface area contributed by atoms with Crippen LogP contribution in [-0.2, 0) is 16.0 Å². The molecule has 2 amide bonds. The molecule has 0 spiro atoms. The lowest BCUT2D eigenvalue weighted by Crippen LogP contribution is -2.52. The maximum absolute atomic E-state index is 12.8. The van der Waals surface area contributed by atoms with Gasteiger partial charge in [0.25, 0.3) is 0 Å². The lowest BCUT2D eigenvalue weighted by Gasteiger charge is -2.36. The topological polar surface area (TPSA) is 40.6 Å². The smallest absolute Gasteiger partial charge is 0.316 e. The van der Waals surface area contributed by atoms with Gasteiger partial charge in [-0.1, -0.05) is 25.1 Å². The zero-order valence-electron chi connectivity index (χ0n) is 13.4. The third-order valence-electron chi connectivity index (χ3n) is 4.97. The van der Waals surface area contributed by atoms with Crippen LogP contribution >= 0.6 is 0 Å². The van der Waals surface area contributed by atoms with Crippen molar-refractivity contribution in [3.63, 3.8) is 0 Å². The summed E-state index contributed by atoms with van der Waals surface area (Å²) in [6.45, 7) is 4.82. The molecule has 0 radical (unpaired) electrons. The van der Waals surface area contributed by atoms with Crippen molar-refractivity contribution in [2.75, 3.05) is 11.4 Å². The van der Waals surface area contributed by atoms with Crippen molar-refractivity contribution in [2.45, 2.75) is 58.0 Å². The van der Waals surface area contributed by atoms with Gasteiger partial charge >= 0.3 is 11.8 Å². The first-order valence-corrected chi connectivity index (χ1v) is 8.35. The minimum absolute atomic E-state index is 0.0544. The molecule has 4 heteroatoms. The number of piperidine rings is 1. The summed E-state index contributed by atoms with van der Waals surface area (Å²) in [6.07, 6.45) is 4.92. The Morgan fingerprint density at radius 1 is 1.18 bits per heavy atom. The summed E-state index contributed by atoms with van der Waals surface area (Å²) < 4.78 is 0. The van der Waals surface area contributed by atoms with Gasteiger partial charge in [-0.3, -0.25) is 9.59 Å². The second-order valence-corrected chi connectivity index (χ2v) is 6.41. The molecule has 2 atom stereocenters. The molecule has 2 unspecified atom stereocenters. The number of anilines is 1. The van der Waals surface area contributed by atoms with Crippen LogP contribution in [0.25, 0.3) is 0 Å². The van der Waals surface area contributed by atoms with Crippen molar-refractivity contribution in [3.8, 4) is 0 Å². The van der Waals surface area contributed by atoms with E-state index < -0.39 is 0 Å². The molecule has 0 aliphatic carbocycles. The third-order valence-corrected chi connectivity index (χ3v) is 4.97. The molecule has 1 aromatic carbocycles. The SMILES string of the molecule is CCC1CCCCN1C(=O)C(=O)N1c2ccccc2CC1C. The van der Waals surface area contributed by atoms with Gasteiger partial charge in [-0.25, -0.2) is 0 Å². The third kappa shape index (κ3) is 2.51. The fraction of sp³-hybridized carbons (Fsp3) is 0.556. The number of likely N-dealkylation sites (tertiary alicyclic amines) is 1. The standard InChI is InChI=1S/C18H24N2O2/c1-3-15-9-6-7-11-19(15)17(21)18(22)20-13(2)12-14-8-4-5-10-16(14)20/h4-5,8,10,13,15H,3,6-7,9,11-12H2,1-2H3. The predicted octanol–water partition coefficient (Wildman–Crippen LogP) is 2.76. The Morgan fingerprint density at radius 2 is 1.95 bits per heavy atom. The van der Waals surface area contributed by atoms with E-state index in [0.29, 0.717) is 6.54 Å². The molecule has 1 fully saturated rings. The maximum atomic E-state index is 12.8. The number of hydrogen-bond acceptors (Lipinski definition) is 2. The van der Waals surface area contributed by atoms with Gasteiger partial charge in [0, 0.05) is 24.3 Å². The van der Waals surface area contributed by atoms with E-state index in [1.54, 1.807) is 9.80 Å². The minimum Gasteiger partial charge on any atom is -0.331 e. The zero-order chi connectivity index (χ0) is 15.7. The molecule has 4 nitrogen and oxygen atoms in total. The fourth-order valence-corrected chi connectivity index (χ4v) is 3.79. The lowest BCUT2D eigenvalue weighted by molar-refractivity contribution is -0.147. The van der Waals surface area contributed by atoms with Gasteiger partial charge < -0.3 is 9.80 Å². The summed E-state index contributed by atoms with van der Waals surface area (Å²) in [5, 5.41) is 0. The molecule has 2 aliphatic heterocycles. The summed E-state index contributed by atoms with van der Waals surface area (Å²) in [5.74, 6) is -0.687. The fourth-order valence-electron chi connectivity index (χ4n) is 3.79. The van der Waals surface area contributed by atoms with E-state index in [-0.39, 0.29) is 23.9 Å². The number of hydrogen-bond donors (Lipinski definition) is 0. The van der Waals surface area contributed by atoms with Gasteiger partial charge in [0.05, 0.1) is 0 Å². The number of carbonyl (C=O) groups is 2. The first-order valence-electron chi connectivity index (χ1n) is 8.35. The molecule has 2 aliphatic rings. The van der Waals surface area contributed by atoms with Crippen LogP contribution in [0.1, 0.15) is 45.1 Å². The second-order valence-electron chi connectivity index (χ2n) is 6.41. The minimum atomic E-state index is -0.363. The second kappa shape index (κ2) is 6.11. The van der Waals surface area contributed by atoms with Gasteiger partial charge in [-0.2, -0.15) is 0 Å². The maximum Gasteiger partial charge on any atom is 0.316 e. The number of carbonyl (C=O) groups excluding carboxylic acids is 2. The monoisotopic (exact) mass is 300 g/mol. The highest BCUT2D eigenvalue weighted by molar-refractivity contribution is 6.40. The summed E-state index contributed by atoms with van der Waals surface area (Å²) in [5.41, 5.74) is 2.06. The van der Waals surface area contributed by atoms with Crippen LogP contribution in [0, 0.1) is 0 Å². The van der Waals surface area contributed by atoms with E-state index in [4.69, 9.17) is 0 Å². The molecule has 2 heterocycles. The predicted molar refractivity (Wildman–Crippen MR) is 86.7 cm³/mol. The molecule has 3 rings (SSSR count). The lowest BCUT2D eigenvalue weighted by atomic mass is 10.00. The van der Waals surface area contributed by atoms with Crippen molar-refractivity contribution >= 4 is 17.5 Å². The summed E-state index contributed by atoms with van der Waals surface area (Å²) in [6, 6.07) is 8.17. The Hall–Kier alpha value is -1.84. The molecule has 0 N–H and O–H groups in total. The number of amides is 2. The van der Waals surface area contributed by atoms with Gasteiger partial charge in [-0.05, 0) is 50.7 Å². The van der Waals surface area contributed by atoms with Crippen molar-refractivity contribution in [1.82, 2.24) is 4.90 Å². The first-order chi connectivity index (χ1) is 10.6. The van der Waals surface area contributed by atoms with Gasteiger partial charge in [-0.15, -0.1) is 0 Å². The number of fused-ring (bicyclic) bond motifs is 1. The van der Waals surface area contributed by atoms with Crippen molar-refractivity contribution in [3.05, 3.63) is 29.8 Å². The Labute approximate surface area is 132 Å². The summed E-state index contributed by atoms with van der Waals surface area (Å²) in [7, 11) is 0. The van der Waals surface area contributed by atoms with E-state index in [9.17, 15) is 9.59 Å². The summed E-state index contributed by atoms with van der Waals surface area (Å²) in [4.78, 5) is 29.1. The molecule has 1 aromatic rings. The molecule has 0 bridgehead atoms. The highest BCUT2D eigenvalue weighted by atomic mass is 16.2. The molecule has 0 saturated carbocycles. The normalized spacial score (nSPS) is 24.3. The average Bonchev–Trinajstić information content (AvgIpc) is 2.89. The molecule has 1 saturated heterocycles. The molecular formula is C18H24N2O2. The molecule has 118 valence electrons. The Bertz CT molecular complexity index is 584. The zero-order valence-corrected chi connectivity index (χ0v) is 13.4. The quantitative estimate of drug-likeness (QED) is 0.748. The van der Waals surface area contributed by atoms with Crippen molar-refractivity contribution in [1.29, 1.82) is 0 Å². The van der Waals surface area contributed by atoms with Crippen LogP contribution < -0.4 is 4.90 Å². The number of rotatable bonds is 1. The van der Waals surface area contributed by atoms with Crippen molar-refractivity contribution < 1.29 is 9.59 Å². The van der Waals surface area contributed by atoms with Crippen LogP contribution in [0.15, 0.2) is 24.3 Å². The van der Waals surface area contributed by atoms with E-state index >= 15 is 0 Å². The highest BCUT2D eigenvalue weighted by Crippen LogP contribution is 2.32. The number of nitrogens with zero attached hydrogens (tertiary/aromatic N) is 2. The van der Waals surface area contributed by atoms with Crippen LogP contribution in [-0.4, -0.2) is 35.3 Å². The molecule has 22 heavy (non-hydrogen) atoms. The van der Waals surface area contributed by atoms with Crippen LogP contribution in [0.2, 0.25) is 0 Å². The van der Waals surface area contributed by atoms with Gasteiger partial charge in [0.15, 0.2) is 0 Å². The van der Waals surface area contributed by atoms with E-state index in [2.05, 4.69) is 6.92 Å². The number of para-hydroxylation sites is 1. The van der Waals surface area contributed by atoms with Gasteiger partial charge in [0.1, 0.15) is 0 Å². The molecule has 0 aromatic heterocycles.